The SMILES string of the molecule is CN(C)c1cc2ccc3ccc4ccc5ccc6ccc1c1c6c5c4c3c21. The van der Waals surface area contributed by atoms with E-state index in [0.29, 0.717) is 0 Å². The van der Waals surface area contributed by atoms with Gasteiger partial charge >= 0.3 is 0 Å². The minimum atomic E-state index is 1.29. The molecule has 27 heavy (non-hydrogen) atoms. The lowest BCUT2D eigenvalue weighted by Gasteiger charge is -2.24. The summed E-state index contributed by atoms with van der Waals surface area (Å²) in [6.07, 6.45) is 0. The quantitative estimate of drug-likeness (QED) is 0.229. The monoisotopic (exact) mass is 343 g/mol. The van der Waals surface area contributed by atoms with Crippen LogP contribution in [0, 0.1) is 0 Å². The molecule has 0 saturated carbocycles. The fraction of sp³-hybridized carbons (Fsp3) is 0.0769. The number of rotatable bonds is 1. The predicted molar refractivity (Wildman–Crippen MR) is 119 cm³/mol. The van der Waals surface area contributed by atoms with Crippen LogP contribution in [0.2, 0.25) is 0 Å². The molecule has 1 heteroatoms. The number of hydrogen-bond acceptors (Lipinski definition) is 1. The molecular formula is C26H17N. The van der Waals surface area contributed by atoms with E-state index in [0.717, 1.165) is 0 Å². The predicted octanol–water partition coefficient (Wildman–Crippen LogP) is 6.99. The van der Waals surface area contributed by atoms with E-state index in [9.17, 15) is 0 Å². The summed E-state index contributed by atoms with van der Waals surface area (Å²) in [5.74, 6) is 0. The van der Waals surface area contributed by atoms with Crippen LogP contribution in [0.4, 0.5) is 5.69 Å². The highest BCUT2D eigenvalue weighted by Gasteiger charge is 2.21. The van der Waals surface area contributed by atoms with Gasteiger partial charge < -0.3 is 4.90 Å². The van der Waals surface area contributed by atoms with Crippen LogP contribution in [0.15, 0.2) is 66.7 Å². The first-order valence-electron chi connectivity index (χ1n) is 9.50. The summed E-state index contributed by atoms with van der Waals surface area (Å²) < 4.78 is 0. The molecule has 0 bridgehead atoms. The smallest absolute Gasteiger partial charge is 0.0447 e. The van der Waals surface area contributed by atoms with Gasteiger partial charge in [0.25, 0.3) is 0 Å². The van der Waals surface area contributed by atoms with Crippen molar-refractivity contribution in [2.75, 3.05) is 19.0 Å². The van der Waals surface area contributed by atoms with E-state index in [1.165, 1.54) is 70.3 Å². The highest BCUT2D eigenvalue weighted by Crippen LogP contribution is 2.49. The Balaban J connectivity index is 2.01. The second-order valence-electron chi connectivity index (χ2n) is 8.03. The normalized spacial score (nSPS) is 12.8. The topological polar surface area (TPSA) is 3.24 Å². The first-order valence-corrected chi connectivity index (χ1v) is 9.50. The van der Waals surface area contributed by atoms with Crippen molar-refractivity contribution in [3.8, 4) is 0 Å². The van der Waals surface area contributed by atoms with E-state index >= 15 is 0 Å². The molecule has 0 unspecified atom stereocenters. The van der Waals surface area contributed by atoms with E-state index < -0.39 is 0 Å². The maximum absolute atomic E-state index is 2.36. The summed E-state index contributed by atoms with van der Waals surface area (Å²) in [5, 5.41) is 16.6. The third-order valence-corrected chi connectivity index (χ3v) is 6.46. The summed E-state index contributed by atoms with van der Waals surface area (Å²) >= 11 is 0. The van der Waals surface area contributed by atoms with E-state index in [1.807, 2.05) is 0 Å². The van der Waals surface area contributed by atoms with Crippen LogP contribution in [0.1, 0.15) is 0 Å². The van der Waals surface area contributed by atoms with Crippen LogP contribution >= 0.6 is 0 Å². The molecule has 0 atom stereocenters. The second kappa shape index (κ2) is 4.32. The number of anilines is 1. The summed E-state index contributed by atoms with van der Waals surface area (Å²) in [6.45, 7) is 0. The van der Waals surface area contributed by atoms with Crippen molar-refractivity contribution in [3.05, 3.63) is 66.7 Å². The van der Waals surface area contributed by atoms with Gasteiger partial charge in [0.2, 0.25) is 0 Å². The molecule has 7 rings (SSSR count). The molecule has 0 fully saturated rings. The minimum absolute atomic E-state index is 1.29. The Morgan fingerprint density at radius 1 is 0.444 bits per heavy atom. The van der Waals surface area contributed by atoms with Gasteiger partial charge in [-0.2, -0.15) is 0 Å². The van der Waals surface area contributed by atoms with Crippen LogP contribution < -0.4 is 4.90 Å². The lowest BCUT2D eigenvalue weighted by Crippen LogP contribution is -2.09. The molecule has 126 valence electrons. The van der Waals surface area contributed by atoms with Crippen LogP contribution in [-0.2, 0) is 0 Å². The average Bonchev–Trinajstić information content (AvgIpc) is 2.71. The van der Waals surface area contributed by atoms with Crippen LogP contribution in [-0.4, -0.2) is 14.1 Å². The third-order valence-electron chi connectivity index (χ3n) is 6.46. The van der Waals surface area contributed by atoms with Gasteiger partial charge in [-0.25, -0.2) is 0 Å². The van der Waals surface area contributed by atoms with Gasteiger partial charge in [0.15, 0.2) is 0 Å². The van der Waals surface area contributed by atoms with Crippen LogP contribution in [0.3, 0.4) is 0 Å². The zero-order valence-electron chi connectivity index (χ0n) is 15.3. The van der Waals surface area contributed by atoms with Crippen molar-refractivity contribution < 1.29 is 0 Å². The first-order chi connectivity index (χ1) is 13.2. The van der Waals surface area contributed by atoms with Gasteiger partial charge in [-0.3, -0.25) is 0 Å². The fourth-order valence-corrected chi connectivity index (χ4v) is 5.34. The van der Waals surface area contributed by atoms with Crippen LogP contribution in [0.25, 0.3) is 64.6 Å². The Labute approximate surface area is 156 Å². The molecule has 0 spiro atoms. The van der Waals surface area contributed by atoms with Crippen molar-refractivity contribution in [3.63, 3.8) is 0 Å². The van der Waals surface area contributed by atoms with E-state index in [4.69, 9.17) is 0 Å². The standard InChI is InChI=1S/C26H17N/c1-27(2)20-13-18-10-9-16-6-4-14-3-5-15-7-8-17-11-12-19(20)26-24(17)22(15)21(14)23(16)25(18)26/h3-13H,1-2H3. The van der Waals surface area contributed by atoms with E-state index in [-0.39, 0.29) is 0 Å². The molecular weight excluding hydrogens is 326 g/mol. The minimum Gasteiger partial charge on any atom is -0.377 e. The Hall–Kier alpha value is -3.32. The first kappa shape index (κ1) is 13.8. The summed E-state index contributed by atoms with van der Waals surface area (Å²) in [5.41, 5.74) is 1.29. The van der Waals surface area contributed by atoms with Crippen molar-refractivity contribution in [2.24, 2.45) is 0 Å². The van der Waals surface area contributed by atoms with Gasteiger partial charge in [-0.15, -0.1) is 0 Å². The molecule has 0 saturated heterocycles. The third kappa shape index (κ3) is 1.45. The highest BCUT2D eigenvalue weighted by molar-refractivity contribution is 6.45. The van der Waals surface area contributed by atoms with Crippen molar-refractivity contribution in [1.82, 2.24) is 0 Å². The molecule has 0 heterocycles. The Bertz CT molecular complexity index is 1580. The molecule has 0 aromatic heterocycles. The maximum Gasteiger partial charge on any atom is 0.0447 e. The Morgan fingerprint density at radius 2 is 0.815 bits per heavy atom. The highest BCUT2D eigenvalue weighted by atomic mass is 15.1. The second-order valence-corrected chi connectivity index (χ2v) is 8.03. The largest absolute Gasteiger partial charge is 0.377 e. The molecule has 0 radical (unpaired) electrons. The Kier molecular flexibility index (Phi) is 2.21. The molecule has 7 aromatic carbocycles. The van der Waals surface area contributed by atoms with Gasteiger partial charge in [-0.1, -0.05) is 60.7 Å². The summed E-state index contributed by atoms with van der Waals surface area (Å²) in [6, 6.07) is 25.2. The lowest BCUT2D eigenvalue weighted by molar-refractivity contribution is 1.15. The lowest BCUT2D eigenvalue weighted by atomic mass is 9.82. The van der Waals surface area contributed by atoms with Crippen molar-refractivity contribution in [2.45, 2.75) is 0 Å². The molecule has 0 aliphatic heterocycles. The molecule has 0 aliphatic rings. The maximum atomic E-state index is 2.36. The molecule has 0 N–H and O–H groups in total. The van der Waals surface area contributed by atoms with E-state index in [2.05, 4.69) is 85.7 Å². The van der Waals surface area contributed by atoms with Gasteiger partial charge in [0, 0.05) is 30.6 Å². The van der Waals surface area contributed by atoms with Gasteiger partial charge in [-0.05, 0) is 59.9 Å². The molecule has 1 nitrogen and oxygen atoms in total. The summed E-state index contributed by atoms with van der Waals surface area (Å²) in [4.78, 5) is 2.24. The van der Waals surface area contributed by atoms with Gasteiger partial charge in [0.1, 0.15) is 0 Å². The number of benzene rings is 7. The van der Waals surface area contributed by atoms with Crippen molar-refractivity contribution in [1.29, 1.82) is 0 Å². The summed E-state index contributed by atoms with van der Waals surface area (Å²) in [7, 11) is 4.29. The van der Waals surface area contributed by atoms with Crippen LogP contribution in [0.5, 0.6) is 0 Å². The molecule has 0 amide bonds. The van der Waals surface area contributed by atoms with Gasteiger partial charge in [0.05, 0.1) is 0 Å². The molecule has 7 aromatic rings. The number of nitrogens with zero attached hydrogens (tertiary/aromatic N) is 1. The van der Waals surface area contributed by atoms with E-state index in [1.54, 1.807) is 0 Å². The number of hydrogen-bond donors (Lipinski definition) is 0. The molecule has 0 aliphatic carbocycles. The van der Waals surface area contributed by atoms with Crippen molar-refractivity contribution >= 4 is 70.3 Å². The fourth-order valence-electron chi connectivity index (χ4n) is 5.34. The zero-order valence-corrected chi connectivity index (χ0v) is 15.3. The average molecular weight is 343 g/mol. The Morgan fingerprint density at radius 3 is 1.30 bits per heavy atom. The zero-order chi connectivity index (χ0) is 17.9.